The maximum atomic E-state index is 11.0. The molecule has 0 aromatic carbocycles. The summed E-state index contributed by atoms with van der Waals surface area (Å²) in [4.78, 5) is 20.9. The van der Waals surface area contributed by atoms with Crippen LogP contribution in [0.2, 0.25) is 0 Å². The van der Waals surface area contributed by atoms with E-state index >= 15 is 0 Å². The molecule has 0 aliphatic rings. The first-order valence-electron chi connectivity index (χ1n) is 4.41. The van der Waals surface area contributed by atoms with Crippen LogP contribution in [0.4, 0.5) is 0 Å². The van der Waals surface area contributed by atoms with Crippen molar-refractivity contribution in [2.24, 2.45) is 0 Å². The van der Waals surface area contributed by atoms with Crippen molar-refractivity contribution in [3.8, 4) is 0 Å². The van der Waals surface area contributed by atoms with Gasteiger partial charge in [-0.05, 0) is 12.8 Å². The minimum absolute atomic E-state index is 0.183. The van der Waals surface area contributed by atoms with Crippen LogP contribution in [0.1, 0.15) is 39.0 Å². The van der Waals surface area contributed by atoms with E-state index in [-0.39, 0.29) is 5.78 Å². The molecule has 0 aromatic rings. The average Bonchev–Trinajstić information content (AvgIpc) is 2.09. The van der Waals surface area contributed by atoms with Gasteiger partial charge in [0.05, 0.1) is 0 Å². The summed E-state index contributed by atoms with van der Waals surface area (Å²) in [5.41, 5.74) is 0. The van der Waals surface area contributed by atoms with Crippen LogP contribution in [0, 0.1) is 0 Å². The van der Waals surface area contributed by atoms with Gasteiger partial charge >= 0.3 is 0 Å². The molecule has 0 amide bonds. The fraction of sp³-hybridized carbons (Fsp3) is 0.600. The normalized spacial score (nSPS) is 10.4. The quantitative estimate of drug-likeness (QED) is 0.431. The van der Waals surface area contributed by atoms with Crippen molar-refractivity contribution in [2.45, 2.75) is 39.0 Å². The zero-order valence-electron chi connectivity index (χ0n) is 7.58. The first kappa shape index (κ1) is 11.1. The van der Waals surface area contributed by atoms with Gasteiger partial charge in [-0.15, -0.1) is 0 Å². The standard InChI is InChI=1S/C10H16O2/c1-2-3-4-5-7-10(12)8-6-9-11/h3-4,9H,2,5-8H2,1H3/b4-3-. The van der Waals surface area contributed by atoms with Crippen molar-refractivity contribution in [3.63, 3.8) is 0 Å². The molecule has 0 bridgehead atoms. The summed E-state index contributed by atoms with van der Waals surface area (Å²) < 4.78 is 0. The first-order chi connectivity index (χ1) is 5.81. The molecule has 0 saturated heterocycles. The van der Waals surface area contributed by atoms with Crippen LogP contribution in [0.3, 0.4) is 0 Å². The summed E-state index contributed by atoms with van der Waals surface area (Å²) in [5, 5.41) is 0. The van der Waals surface area contributed by atoms with Crippen molar-refractivity contribution in [2.75, 3.05) is 0 Å². The number of carbonyl (C=O) groups excluding carboxylic acids is 2. The summed E-state index contributed by atoms with van der Waals surface area (Å²) in [7, 11) is 0. The van der Waals surface area contributed by atoms with Crippen molar-refractivity contribution < 1.29 is 9.59 Å². The van der Waals surface area contributed by atoms with E-state index < -0.39 is 0 Å². The molecule has 0 unspecified atom stereocenters. The number of rotatable bonds is 7. The number of Topliss-reactive ketones (excluding diaryl/α,β-unsaturated/α-hetero) is 1. The molecule has 0 spiro atoms. The van der Waals surface area contributed by atoms with Crippen LogP contribution >= 0.6 is 0 Å². The highest BCUT2D eigenvalue weighted by atomic mass is 16.1. The Morgan fingerprint density at radius 1 is 1.17 bits per heavy atom. The fourth-order valence-corrected chi connectivity index (χ4v) is 0.874. The molecule has 0 aromatic heterocycles. The Hall–Kier alpha value is -0.920. The van der Waals surface area contributed by atoms with E-state index in [4.69, 9.17) is 0 Å². The summed E-state index contributed by atoms with van der Waals surface area (Å²) in [5.74, 6) is 0.183. The Balaban J connectivity index is 3.31. The molecule has 0 aliphatic heterocycles. The number of hydrogen-bond donors (Lipinski definition) is 0. The smallest absolute Gasteiger partial charge is 0.133 e. The number of hydrogen-bond acceptors (Lipinski definition) is 2. The SMILES string of the molecule is CC/C=C\CCC(=O)CCC=O. The van der Waals surface area contributed by atoms with Gasteiger partial charge in [0, 0.05) is 19.3 Å². The zero-order valence-corrected chi connectivity index (χ0v) is 7.58. The third kappa shape index (κ3) is 7.19. The minimum Gasteiger partial charge on any atom is -0.303 e. The predicted molar refractivity (Wildman–Crippen MR) is 49.0 cm³/mol. The lowest BCUT2D eigenvalue weighted by atomic mass is 10.1. The third-order valence-corrected chi connectivity index (χ3v) is 1.53. The van der Waals surface area contributed by atoms with Crippen molar-refractivity contribution >= 4 is 12.1 Å². The van der Waals surface area contributed by atoms with Crippen LogP contribution in [-0.2, 0) is 9.59 Å². The number of ketones is 1. The highest BCUT2D eigenvalue weighted by Gasteiger charge is 1.98. The van der Waals surface area contributed by atoms with E-state index in [0.29, 0.717) is 19.3 Å². The highest BCUT2D eigenvalue weighted by Crippen LogP contribution is 1.98. The Morgan fingerprint density at radius 2 is 1.83 bits per heavy atom. The van der Waals surface area contributed by atoms with Crippen LogP contribution in [0.5, 0.6) is 0 Å². The molecule has 0 N–H and O–H groups in total. The van der Waals surface area contributed by atoms with Gasteiger partial charge in [0.25, 0.3) is 0 Å². The fourth-order valence-electron chi connectivity index (χ4n) is 0.874. The lowest BCUT2D eigenvalue weighted by Crippen LogP contribution is -1.96. The minimum atomic E-state index is 0.183. The van der Waals surface area contributed by atoms with Crippen molar-refractivity contribution in [1.29, 1.82) is 0 Å². The van der Waals surface area contributed by atoms with Gasteiger partial charge in [0.1, 0.15) is 12.1 Å². The molecule has 2 heteroatoms. The molecular formula is C10H16O2. The van der Waals surface area contributed by atoms with Crippen LogP contribution in [0.15, 0.2) is 12.2 Å². The van der Waals surface area contributed by atoms with E-state index in [0.717, 1.165) is 19.1 Å². The molecule has 0 fully saturated rings. The Bertz CT molecular complexity index is 159. The Labute approximate surface area is 73.7 Å². The molecule has 12 heavy (non-hydrogen) atoms. The summed E-state index contributed by atoms with van der Waals surface area (Å²) in [6.07, 6.45) is 8.03. The van der Waals surface area contributed by atoms with Gasteiger partial charge < -0.3 is 4.79 Å². The van der Waals surface area contributed by atoms with E-state index in [9.17, 15) is 9.59 Å². The Morgan fingerprint density at radius 3 is 2.42 bits per heavy atom. The second-order valence-electron chi connectivity index (χ2n) is 2.66. The molecule has 2 nitrogen and oxygen atoms in total. The largest absolute Gasteiger partial charge is 0.303 e. The second-order valence-corrected chi connectivity index (χ2v) is 2.66. The van der Waals surface area contributed by atoms with Crippen molar-refractivity contribution in [3.05, 3.63) is 12.2 Å². The van der Waals surface area contributed by atoms with Crippen LogP contribution < -0.4 is 0 Å². The van der Waals surface area contributed by atoms with Gasteiger partial charge in [-0.2, -0.15) is 0 Å². The monoisotopic (exact) mass is 168 g/mol. The first-order valence-corrected chi connectivity index (χ1v) is 4.41. The highest BCUT2D eigenvalue weighted by molar-refractivity contribution is 5.80. The summed E-state index contributed by atoms with van der Waals surface area (Å²) in [6, 6.07) is 0. The number of carbonyl (C=O) groups is 2. The van der Waals surface area contributed by atoms with Crippen molar-refractivity contribution in [1.82, 2.24) is 0 Å². The molecule has 68 valence electrons. The predicted octanol–water partition coefficient (Wildman–Crippen LogP) is 2.28. The van der Waals surface area contributed by atoms with Gasteiger partial charge in [-0.25, -0.2) is 0 Å². The molecule has 0 radical (unpaired) electrons. The van der Waals surface area contributed by atoms with Crippen LogP contribution in [-0.4, -0.2) is 12.1 Å². The van der Waals surface area contributed by atoms with Gasteiger partial charge in [0.15, 0.2) is 0 Å². The third-order valence-electron chi connectivity index (χ3n) is 1.53. The molecule has 0 atom stereocenters. The molecule has 0 rings (SSSR count). The maximum Gasteiger partial charge on any atom is 0.133 e. The average molecular weight is 168 g/mol. The van der Waals surface area contributed by atoms with E-state index in [2.05, 4.69) is 6.92 Å². The Kier molecular flexibility index (Phi) is 7.55. The van der Waals surface area contributed by atoms with E-state index in [1.165, 1.54) is 0 Å². The van der Waals surface area contributed by atoms with Crippen LogP contribution in [0.25, 0.3) is 0 Å². The molecular weight excluding hydrogens is 152 g/mol. The lowest BCUT2D eigenvalue weighted by molar-refractivity contribution is -0.120. The topological polar surface area (TPSA) is 34.1 Å². The number of allylic oxidation sites excluding steroid dienone is 2. The van der Waals surface area contributed by atoms with Gasteiger partial charge in [-0.3, -0.25) is 4.79 Å². The number of aldehydes is 1. The van der Waals surface area contributed by atoms with E-state index in [1.54, 1.807) is 0 Å². The van der Waals surface area contributed by atoms with Gasteiger partial charge in [-0.1, -0.05) is 19.1 Å². The second kappa shape index (κ2) is 8.18. The molecule has 0 saturated carbocycles. The molecule has 0 aliphatic carbocycles. The molecule has 0 heterocycles. The lowest BCUT2D eigenvalue weighted by Gasteiger charge is -1.93. The zero-order chi connectivity index (χ0) is 9.23. The summed E-state index contributed by atoms with van der Waals surface area (Å²) in [6.45, 7) is 2.06. The summed E-state index contributed by atoms with van der Waals surface area (Å²) >= 11 is 0. The van der Waals surface area contributed by atoms with E-state index in [1.807, 2.05) is 12.2 Å². The maximum absolute atomic E-state index is 11.0. The van der Waals surface area contributed by atoms with Gasteiger partial charge in [0.2, 0.25) is 0 Å².